The van der Waals surface area contributed by atoms with E-state index in [0.29, 0.717) is 17.8 Å². The van der Waals surface area contributed by atoms with Gasteiger partial charge < -0.3 is 23.4 Å². The van der Waals surface area contributed by atoms with Crippen LogP contribution in [-0.4, -0.2) is 65.8 Å². The minimum atomic E-state index is -2.91. The summed E-state index contributed by atoms with van der Waals surface area (Å²) in [5.74, 6) is 0.0349. The van der Waals surface area contributed by atoms with Crippen LogP contribution in [0.4, 0.5) is 5.95 Å². The smallest absolute Gasteiger partial charge is 0.335 e. The van der Waals surface area contributed by atoms with Crippen molar-refractivity contribution < 1.29 is 22.5 Å². The molecule has 0 unspecified atom stereocenters. The summed E-state index contributed by atoms with van der Waals surface area (Å²) >= 11 is 7.51. The molecule has 2 fully saturated rings. The molecule has 2 aromatic rings. The quantitative estimate of drug-likeness (QED) is 0.332. The standard InChI is InChI=1S/C24H40ClN5O5SSi2/c1-12(2)37(13(3)4)32-10-17-19(34-38(35-37,14(5)6)15(7)8)20(36-16(9)31)23(33-17)30-11-27-18-21(25)28-24(26)29-22(18)30/h11-15,17,19-20,23H,10H2,1-9H3,(H2,26,28,29)/t17-,19-,20+,23-/m1/s1. The van der Waals surface area contributed by atoms with Gasteiger partial charge >= 0.3 is 17.1 Å². The number of carbonyl (C=O) groups is 1. The number of hydrogen-bond acceptors (Lipinski definition) is 10. The molecule has 2 aromatic heterocycles. The van der Waals surface area contributed by atoms with Crippen molar-refractivity contribution in [2.24, 2.45) is 0 Å². The van der Waals surface area contributed by atoms with Gasteiger partial charge in [-0.15, -0.1) is 0 Å². The van der Waals surface area contributed by atoms with Crippen molar-refractivity contribution in [2.45, 2.75) is 108 Å². The van der Waals surface area contributed by atoms with Crippen molar-refractivity contribution in [3.8, 4) is 0 Å². The van der Waals surface area contributed by atoms with Crippen molar-refractivity contribution in [1.29, 1.82) is 0 Å². The van der Waals surface area contributed by atoms with Crippen LogP contribution >= 0.6 is 23.4 Å². The number of fused-ring (bicyclic) bond motifs is 2. The fourth-order valence-corrected chi connectivity index (χ4v) is 18.3. The molecule has 0 aliphatic carbocycles. The summed E-state index contributed by atoms with van der Waals surface area (Å²) in [6, 6.07) is 0. The highest BCUT2D eigenvalue weighted by molar-refractivity contribution is 8.14. The zero-order valence-electron chi connectivity index (χ0n) is 23.6. The lowest BCUT2D eigenvalue weighted by atomic mass is 10.2. The lowest BCUT2D eigenvalue weighted by Crippen LogP contribution is -2.65. The normalized spacial score (nSPS) is 27.3. The highest BCUT2D eigenvalue weighted by Gasteiger charge is 2.62. The summed E-state index contributed by atoms with van der Waals surface area (Å²) in [5, 5.41) is -0.272. The Hall–Kier alpha value is -1.07. The van der Waals surface area contributed by atoms with E-state index in [-0.39, 0.29) is 38.4 Å². The van der Waals surface area contributed by atoms with Gasteiger partial charge in [0.15, 0.2) is 22.1 Å². The van der Waals surface area contributed by atoms with Crippen molar-refractivity contribution in [3.05, 3.63) is 11.5 Å². The predicted octanol–water partition coefficient (Wildman–Crippen LogP) is 5.56. The Kier molecular flexibility index (Phi) is 8.71. The van der Waals surface area contributed by atoms with Crippen LogP contribution in [0.15, 0.2) is 6.33 Å². The van der Waals surface area contributed by atoms with Crippen LogP contribution in [0.2, 0.25) is 27.3 Å². The molecular weight excluding hydrogens is 562 g/mol. The number of hydrogen-bond donors (Lipinski definition) is 1. The Morgan fingerprint density at radius 2 is 1.68 bits per heavy atom. The molecule has 212 valence electrons. The van der Waals surface area contributed by atoms with Crippen LogP contribution in [0.25, 0.3) is 11.2 Å². The summed E-state index contributed by atoms with van der Waals surface area (Å²) in [6.07, 6.45) is 0.137. The molecule has 4 atom stereocenters. The van der Waals surface area contributed by atoms with E-state index in [1.54, 1.807) is 17.8 Å². The second kappa shape index (κ2) is 11.1. The second-order valence-electron chi connectivity index (χ2n) is 11.4. The molecule has 2 aliphatic heterocycles. The minimum absolute atomic E-state index is 0.0349. The maximum absolute atomic E-state index is 12.5. The zero-order valence-corrected chi connectivity index (χ0v) is 27.2. The van der Waals surface area contributed by atoms with Gasteiger partial charge in [0.05, 0.1) is 24.3 Å². The van der Waals surface area contributed by atoms with E-state index in [9.17, 15) is 4.79 Å². The second-order valence-corrected chi connectivity index (χ2v) is 22.0. The number of nitrogens with zero attached hydrogens (tertiary/aromatic N) is 4. The van der Waals surface area contributed by atoms with Gasteiger partial charge in [0.25, 0.3) is 0 Å². The van der Waals surface area contributed by atoms with Gasteiger partial charge in [-0.3, -0.25) is 9.36 Å². The van der Waals surface area contributed by atoms with Crippen molar-refractivity contribution >= 4 is 62.7 Å². The Bertz CT molecular complexity index is 1170. The SMILES string of the molecule is CC(=O)S[C@H]1[C@@H]2O[Si](C(C)C)(C(C)C)O[Si](C(C)C)(C(C)C)OC[C@H]2O[C@H]1n1cnc2c(Cl)nc(N)nc21. The summed E-state index contributed by atoms with van der Waals surface area (Å²) in [5.41, 5.74) is 7.50. The highest BCUT2D eigenvalue weighted by Crippen LogP contribution is 2.50. The van der Waals surface area contributed by atoms with Gasteiger partial charge in [0, 0.05) is 6.92 Å². The number of thioether (sulfide) groups is 1. The van der Waals surface area contributed by atoms with Gasteiger partial charge in [-0.2, -0.15) is 9.97 Å². The van der Waals surface area contributed by atoms with E-state index in [0.717, 1.165) is 0 Å². The first-order valence-corrected chi connectivity index (χ1v) is 18.4. The fourth-order valence-electron chi connectivity index (χ4n) is 5.75. The third-order valence-corrected chi connectivity index (χ3v) is 19.2. The third kappa shape index (κ3) is 5.09. The summed E-state index contributed by atoms with van der Waals surface area (Å²) in [4.78, 5) is 25.4. The Balaban J connectivity index is 1.86. The van der Waals surface area contributed by atoms with Gasteiger partial charge in [-0.05, 0) is 22.2 Å². The molecule has 0 saturated carbocycles. The molecule has 2 saturated heterocycles. The summed E-state index contributed by atoms with van der Waals surface area (Å²) in [6.45, 7) is 19.3. The van der Waals surface area contributed by atoms with Gasteiger partial charge in [-0.1, -0.05) is 78.8 Å². The van der Waals surface area contributed by atoms with Crippen LogP contribution < -0.4 is 5.73 Å². The molecule has 0 bridgehead atoms. The molecule has 0 radical (unpaired) electrons. The lowest BCUT2D eigenvalue weighted by molar-refractivity contribution is -0.109. The maximum atomic E-state index is 12.5. The summed E-state index contributed by atoms with van der Waals surface area (Å²) in [7, 11) is -5.64. The number of nitrogen functional groups attached to an aromatic ring is 1. The average Bonchev–Trinajstić information content (AvgIpc) is 3.34. The third-order valence-electron chi connectivity index (χ3n) is 7.59. The lowest BCUT2D eigenvalue weighted by Gasteiger charge is -2.51. The van der Waals surface area contributed by atoms with Gasteiger partial charge in [0.2, 0.25) is 5.95 Å². The fraction of sp³-hybridized carbons (Fsp3) is 0.750. The number of imidazole rings is 1. The van der Waals surface area contributed by atoms with E-state index in [1.165, 1.54) is 11.8 Å². The average molecular weight is 602 g/mol. The first-order chi connectivity index (χ1) is 17.7. The van der Waals surface area contributed by atoms with Crippen LogP contribution in [0.3, 0.4) is 0 Å². The van der Waals surface area contributed by atoms with Crippen LogP contribution in [0, 0.1) is 0 Å². The molecule has 10 nitrogen and oxygen atoms in total. The summed E-state index contributed by atoms with van der Waals surface area (Å²) < 4.78 is 29.9. The number of rotatable bonds is 6. The van der Waals surface area contributed by atoms with Crippen LogP contribution in [0.5, 0.6) is 0 Å². The van der Waals surface area contributed by atoms with E-state index in [4.69, 9.17) is 35.0 Å². The molecule has 2 N–H and O–H groups in total. The maximum Gasteiger partial charge on any atom is 0.335 e. The van der Waals surface area contributed by atoms with Crippen molar-refractivity contribution in [1.82, 2.24) is 19.5 Å². The van der Waals surface area contributed by atoms with Crippen LogP contribution in [-0.2, 0) is 22.5 Å². The first-order valence-electron chi connectivity index (χ1n) is 13.2. The largest absolute Gasteiger partial charge is 0.414 e. The number of ether oxygens (including phenoxy) is 1. The minimum Gasteiger partial charge on any atom is -0.414 e. The molecule has 0 aromatic carbocycles. The van der Waals surface area contributed by atoms with Crippen molar-refractivity contribution in [2.75, 3.05) is 12.3 Å². The first kappa shape index (κ1) is 29.9. The molecule has 4 heterocycles. The Morgan fingerprint density at radius 1 is 1.08 bits per heavy atom. The molecule has 0 spiro atoms. The molecule has 2 aliphatic rings. The Labute approximate surface area is 236 Å². The predicted molar refractivity (Wildman–Crippen MR) is 155 cm³/mol. The number of carbonyl (C=O) groups excluding carboxylic acids is 1. The van der Waals surface area contributed by atoms with Gasteiger partial charge in [0.1, 0.15) is 11.6 Å². The monoisotopic (exact) mass is 601 g/mol. The molecule has 14 heteroatoms. The van der Waals surface area contributed by atoms with Crippen molar-refractivity contribution in [3.63, 3.8) is 0 Å². The van der Waals surface area contributed by atoms with Crippen LogP contribution in [0.1, 0.15) is 68.5 Å². The zero-order chi connectivity index (χ0) is 28.2. The number of anilines is 1. The molecule has 4 rings (SSSR count). The topological polar surface area (TPSA) is 124 Å². The molecule has 0 amide bonds. The van der Waals surface area contributed by atoms with E-state index >= 15 is 0 Å². The van der Waals surface area contributed by atoms with Gasteiger partial charge in [-0.25, -0.2) is 4.98 Å². The highest BCUT2D eigenvalue weighted by atomic mass is 35.5. The van der Waals surface area contributed by atoms with E-state index in [2.05, 4.69) is 70.3 Å². The number of aromatic nitrogens is 4. The number of halogens is 1. The molecular formula is C24H40ClN5O5SSi2. The number of nitrogens with two attached hydrogens (primary N) is 1. The van der Waals surface area contributed by atoms with E-state index < -0.39 is 40.8 Å². The molecule has 38 heavy (non-hydrogen) atoms. The van der Waals surface area contributed by atoms with E-state index in [1.807, 2.05) is 0 Å². The Morgan fingerprint density at radius 3 is 2.24 bits per heavy atom.